The summed E-state index contributed by atoms with van der Waals surface area (Å²) in [6.45, 7) is 11.4. The second kappa shape index (κ2) is 6.54. The van der Waals surface area contributed by atoms with Gasteiger partial charge in [0, 0.05) is 26.2 Å². The van der Waals surface area contributed by atoms with Gasteiger partial charge in [0.15, 0.2) is 0 Å². The van der Waals surface area contributed by atoms with E-state index in [0.717, 1.165) is 0 Å². The Labute approximate surface area is 139 Å². The highest BCUT2D eigenvalue weighted by Gasteiger charge is 2.42. The molecule has 1 aliphatic heterocycles. The highest BCUT2D eigenvalue weighted by atomic mass is 16.2. The van der Waals surface area contributed by atoms with Crippen LogP contribution in [0.15, 0.2) is 12.2 Å². The first-order valence-corrected chi connectivity index (χ1v) is 8.65. The Morgan fingerprint density at radius 1 is 0.957 bits per heavy atom. The Hall–Kier alpha value is -1.52. The average molecular weight is 321 g/mol. The number of piperazine rings is 1. The first-order valence-electron chi connectivity index (χ1n) is 8.65. The van der Waals surface area contributed by atoms with E-state index in [0.29, 0.717) is 32.1 Å². The summed E-state index contributed by atoms with van der Waals surface area (Å²) in [5.74, 6) is 0.450. The molecule has 0 unspecified atom stereocenters. The number of nitrogens with zero attached hydrogens (tertiary/aromatic N) is 2. The van der Waals surface area contributed by atoms with Crippen molar-refractivity contribution in [3.63, 3.8) is 0 Å². The molecule has 23 heavy (non-hydrogen) atoms. The fourth-order valence-electron chi connectivity index (χ4n) is 4.32. The number of urea groups is 1. The van der Waals surface area contributed by atoms with Crippen LogP contribution in [0.5, 0.6) is 0 Å². The van der Waals surface area contributed by atoms with E-state index in [1.807, 2.05) is 0 Å². The molecule has 0 bridgehead atoms. The van der Waals surface area contributed by atoms with E-state index < -0.39 is 6.03 Å². The first-order chi connectivity index (χ1) is 10.6. The lowest BCUT2D eigenvalue weighted by atomic mass is 9.57. The average Bonchev–Trinajstić information content (AvgIpc) is 2.45. The number of carbonyl (C=O) groups is 2. The van der Waals surface area contributed by atoms with Crippen LogP contribution in [0.2, 0.25) is 0 Å². The van der Waals surface area contributed by atoms with Crippen LogP contribution in [0.1, 0.15) is 47.0 Å². The fourth-order valence-corrected chi connectivity index (χ4v) is 4.32. The molecule has 0 aromatic carbocycles. The van der Waals surface area contributed by atoms with Crippen LogP contribution in [0.25, 0.3) is 0 Å². The number of hydrogen-bond acceptors (Lipinski definition) is 2. The first kappa shape index (κ1) is 17.8. The van der Waals surface area contributed by atoms with Crippen LogP contribution in [-0.2, 0) is 4.79 Å². The molecule has 0 radical (unpaired) electrons. The van der Waals surface area contributed by atoms with Crippen LogP contribution < -0.4 is 5.73 Å². The summed E-state index contributed by atoms with van der Waals surface area (Å²) in [5, 5.41) is 0. The van der Waals surface area contributed by atoms with Crippen LogP contribution >= 0.6 is 0 Å². The van der Waals surface area contributed by atoms with Gasteiger partial charge < -0.3 is 15.5 Å². The second-order valence-electron chi connectivity index (χ2n) is 8.32. The topological polar surface area (TPSA) is 66.6 Å². The molecule has 1 aliphatic carbocycles. The predicted molar refractivity (Wildman–Crippen MR) is 91.8 cm³/mol. The van der Waals surface area contributed by atoms with Crippen molar-refractivity contribution in [2.24, 2.45) is 22.5 Å². The van der Waals surface area contributed by atoms with E-state index in [2.05, 4.69) is 33.8 Å². The van der Waals surface area contributed by atoms with Gasteiger partial charge in [-0.1, -0.05) is 40.2 Å². The number of rotatable bonds is 2. The second-order valence-corrected chi connectivity index (χ2v) is 8.32. The molecular formula is C18H31N3O2. The summed E-state index contributed by atoms with van der Waals surface area (Å²) in [6.07, 6.45) is 7.54. The molecule has 3 amide bonds. The number of carbonyl (C=O) groups excluding carboxylic acids is 2. The molecule has 1 heterocycles. The SMILES string of the molecule is CC1(C)CCCC(C)(C)C1/C=C/C(=O)N1CCN(C(N)=O)CC1. The molecular weight excluding hydrogens is 290 g/mol. The maximum Gasteiger partial charge on any atom is 0.314 e. The monoisotopic (exact) mass is 321 g/mol. The van der Waals surface area contributed by atoms with Crippen LogP contribution in [0.3, 0.4) is 0 Å². The molecule has 1 saturated carbocycles. The van der Waals surface area contributed by atoms with Gasteiger partial charge in [-0.25, -0.2) is 4.79 Å². The van der Waals surface area contributed by atoms with Crippen molar-refractivity contribution in [2.75, 3.05) is 26.2 Å². The van der Waals surface area contributed by atoms with Crippen molar-refractivity contribution in [3.8, 4) is 0 Å². The molecule has 0 spiro atoms. The van der Waals surface area contributed by atoms with E-state index in [4.69, 9.17) is 5.73 Å². The summed E-state index contributed by atoms with van der Waals surface area (Å²) in [7, 11) is 0. The summed E-state index contributed by atoms with van der Waals surface area (Å²) < 4.78 is 0. The largest absolute Gasteiger partial charge is 0.351 e. The maximum absolute atomic E-state index is 12.4. The molecule has 1 saturated heterocycles. The molecule has 2 N–H and O–H groups in total. The fraction of sp³-hybridized carbons (Fsp3) is 0.778. The molecule has 5 nitrogen and oxygen atoms in total. The standard InChI is InChI=1S/C18H31N3O2/c1-17(2)8-5-9-18(3,4)14(17)6-7-15(22)20-10-12-21(13-11-20)16(19)23/h6-7,14H,5,8-13H2,1-4H3,(H2,19,23)/b7-6+. The Bertz CT molecular complexity index is 472. The Kier molecular flexibility index (Phi) is 5.07. The lowest BCUT2D eigenvalue weighted by Gasteiger charge is -2.48. The van der Waals surface area contributed by atoms with Crippen molar-refractivity contribution < 1.29 is 9.59 Å². The van der Waals surface area contributed by atoms with E-state index in [1.165, 1.54) is 19.3 Å². The number of hydrogen-bond donors (Lipinski definition) is 1. The summed E-state index contributed by atoms with van der Waals surface area (Å²) in [4.78, 5) is 27.0. The lowest BCUT2D eigenvalue weighted by Crippen LogP contribution is -2.51. The number of allylic oxidation sites excluding steroid dienone is 1. The third kappa shape index (κ3) is 4.06. The minimum absolute atomic E-state index is 0.0475. The normalized spacial score (nSPS) is 24.9. The molecule has 130 valence electrons. The van der Waals surface area contributed by atoms with Gasteiger partial charge in [-0.15, -0.1) is 0 Å². The van der Waals surface area contributed by atoms with Gasteiger partial charge in [0.05, 0.1) is 0 Å². The Morgan fingerprint density at radius 2 is 1.43 bits per heavy atom. The molecule has 2 aliphatic rings. The van der Waals surface area contributed by atoms with E-state index >= 15 is 0 Å². The van der Waals surface area contributed by atoms with Crippen LogP contribution in [0, 0.1) is 16.7 Å². The molecule has 0 aromatic rings. The number of nitrogens with two attached hydrogens (primary N) is 1. The van der Waals surface area contributed by atoms with Crippen LogP contribution in [0.4, 0.5) is 4.79 Å². The molecule has 5 heteroatoms. The highest BCUT2D eigenvalue weighted by Crippen LogP contribution is 2.51. The van der Waals surface area contributed by atoms with Crippen molar-refractivity contribution in [3.05, 3.63) is 12.2 Å². The Morgan fingerprint density at radius 3 is 1.91 bits per heavy atom. The van der Waals surface area contributed by atoms with E-state index in [9.17, 15) is 9.59 Å². The van der Waals surface area contributed by atoms with Crippen molar-refractivity contribution >= 4 is 11.9 Å². The third-order valence-electron chi connectivity index (χ3n) is 5.66. The minimum atomic E-state index is -0.404. The van der Waals surface area contributed by atoms with Crippen molar-refractivity contribution in [1.29, 1.82) is 0 Å². The number of amides is 3. The van der Waals surface area contributed by atoms with Gasteiger partial charge in [-0.05, 0) is 35.7 Å². The van der Waals surface area contributed by atoms with Gasteiger partial charge >= 0.3 is 6.03 Å². The zero-order chi connectivity index (χ0) is 17.3. The van der Waals surface area contributed by atoms with Gasteiger partial charge in [-0.3, -0.25) is 4.79 Å². The summed E-state index contributed by atoms with van der Waals surface area (Å²) in [5.41, 5.74) is 5.72. The highest BCUT2D eigenvalue weighted by molar-refractivity contribution is 5.88. The van der Waals surface area contributed by atoms with Gasteiger partial charge in [0.2, 0.25) is 5.91 Å². The maximum atomic E-state index is 12.4. The van der Waals surface area contributed by atoms with E-state index in [1.54, 1.807) is 15.9 Å². The predicted octanol–water partition coefficient (Wildman–Crippen LogP) is 2.62. The number of primary amides is 1. The van der Waals surface area contributed by atoms with Gasteiger partial charge in [0.1, 0.15) is 0 Å². The smallest absolute Gasteiger partial charge is 0.314 e. The minimum Gasteiger partial charge on any atom is -0.351 e. The molecule has 0 aromatic heterocycles. The zero-order valence-electron chi connectivity index (χ0n) is 15.0. The van der Waals surface area contributed by atoms with Crippen LogP contribution in [-0.4, -0.2) is 47.9 Å². The summed E-state index contributed by atoms with van der Waals surface area (Å²) >= 11 is 0. The molecule has 2 fully saturated rings. The Balaban J connectivity index is 1.99. The summed E-state index contributed by atoms with van der Waals surface area (Å²) in [6, 6.07) is -0.404. The molecule has 2 rings (SSSR count). The van der Waals surface area contributed by atoms with Gasteiger partial charge in [0.25, 0.3) is 0 Å². The van der Waals surface area contributed by atoms with Gasteiger partial charge in [-0.2, -0.15) is 0 Å². The quantitative estimate of drug-likeness (QED) is 0.795. The third-order valence-corrected chi connectivity index (χ3v) is 5.66. The van der Waals surface area contributed by atoms with Crippen molar-refractivity contribution in [2.45, 2.75) is 47.0 Å². The zero-order valence-corrected chi connectivity index (χ0v) is 15.0. The lowest BCUT2D eigenvalue weighted by molar-refractivity contribution is -0.127. The molecule has 0 atom stereocenters. The van der Waals surface area contributed by atoms with E-state index in [-0.39, 0.29) is 16.7 Å². The van der Waals surface area contributed by atoms with Crippen molar-refractivity contribution in [1.82, 2.24) is 9.80 Å².